The number of piperidine rings is 1. The Morgan fingerprint density at radius 1 is 1.09 bits per heavy atom. The number of alkyl halides is 1. The molecule has 1 aromatic carbocycles. The third-order valence-electron chi connectivity index (χ3n) is 6.01. The number of methoxy groups -OCH3 is 1. The zero-order valence-corrected chi connectivity index (χ0v) is 18.8. The van der Waals surface area contributed by atoms with Crippen molar-refractivity contribution in [2.75, 3.05) is 70.0 Å². The number of benzene rings is 1. The molecule has 2 aromatic rings. The van der Waals surface area contributed by atoms with Crippen LogP contribution in [0.3, 0.4) is 0 Å². The van der Waals surface area contributed by atoms with Crippen LogP contribution in [-0.2, 0) is 11.3 Å². The Labute approximate surface area is 189 Å². The van der Waals surface area contributed by atoms with Gasteiger partial charge in [-0.1, -0.05) is 6.07 Å². The van der Waals surface area contributed by atoms with Crippen molar-refractivity contribution >= 4 is 11.5 Å². The lowest BCUT2D eigenvalue weighted by Gasteiger charge is -2.33. The summed E-state index contributed by atoms with van der Waals surface area (Å²) >= 11 is 0. The second-order valence-corrected chi connectivity index (χ2v) is 8.22. The number of pyridine rings is 1. The first kappa shape index (κ1) is 22.6. The van der Waals surface area contributed by atoms with E-state index < -0.39 is 6.67 Å². The van der Waals surface area contributed by atoms with E-state index in [1.807, 2.05) is 24.4 Å². The highest BCUT2D eigenvalue weighted by Gasteiger charge is 2.20. The standard InChI is InChI=1S/C24H33FN4O3/c1-30-22-4-2-19(16-23(22)32-13-8-25)18-28-9-6-20(7-10-28)27-21-3-5-24(26-17-21)29-11-14-31-15-12-29/h2-5,16-17,20,27H,6-15,18H2,1H3. The number of anilines is 2. The first-order valence-corrected chi connectivity index (χ1v) is 11.4. The lowest BCUT2D eigenvalue weighted by atomic mass is 10.0. The van der Waals surface area contributed by atoms with Crippen LogP contribution < -0.4 is 19.7 Å². The molecule has 7 nitrogen and oxygen atoms in total. The van der Waals surface area contributed by atoms with Crippen LogP contribution in [0.25, 0.3) is 0 Å². The fraction of sp³-hybridized carbons (Fsp3) is 0.542. The second-order valence-electron chi connectivity index (χ2n) is 8.22. The van der Waals surface area contributed by atoms with Gasteiger partial charge in [0.05, 0.1) is 32.2 Å². The molecule has 2 saturated heterocycles. The molecule has 3 heterocycles. The van der Waals surface area contributed by atoms with Gasteiger partial charge in [0.25, 0.3) is 0 Å². The maximum absolute atomic E-state index is 12.5. The summed E-state index contributed by atoms with van der Waals surface area (Å²) < 4.78 is 28.7. The predicted octanol–water partition coefficient (Wildman–Crippen LogP) is 3.35. The van der Waals surface area contributed by atoms with E-state index in [4.69, 9.17) is 14.2 Å². The molecule has 0 spiro atoms. The van der Waals surface area contributed by atoms with Crippen LogP contribution in [0.2, 0.25) is 0 Å². The topological polar surface area (TPSA) is 59.1 Å². The van der Waals surface area contributed by atoms with Crippen molar-refractivity contribution < 1.29 is 18.6 Å². The smallest absolute Gasteiger partial charge is 0.161 e. The van der Waals surface area contributed by atoms with Crippen LogP contribution in [0.4, 0.5) is 15.9 Å². The van der Waals surface area contributed by atoms with Crippen LogP contribution in [0.5, 0.6) is 11.5 Å². The van der Waals surface area contributed by atoms with Crippen molar-refractivity contribution in [3.63, 3.8) is 0 Å². The summed E-state index contributed by atoms with van der Waals surface area (Å²) in [4.78, 5) is 9.34. The number of rotatable bonds is 9. The van der Waals surface area contributed by atoms with Gasteiger partial charge in [-0.25, -0.2) is 9.37 Å². The van der Waals surface area contributed by atoms with Crippen LogP contribution in [0.1, 0.15) is 18.4 Å². The SMILES string of the molecule is COc1ccc(CN2CCC(Nc3ccc(N4CCOCC4)nc3)CC2)cc1OCCF. The van der Waals surface area contributed by atoms with Gasteiger partial charge in [0.15, 0.2) is 11.5 Å². The number of morpholine rings is 1. The number of halogens is 1. The molecular weight excluding hydrogens is 411 g/mol. The molecule has 0 atom stereocenters. The summed E-state index contributed by atoms with van der Waals surface area (Å²) in [6.45, 7) is 5.74. The minimum atomic E-state index is -0.515. The van der Waals surface area contributed by atoms with E-state index in [-0.39, 0.29) is 6.61 Å². The second kappa shape index (κ2) is 11.3. The molecule has 1 N–H and O–H groups in total. The average molecular weight is 445 g/mol. The molecule has 4 rings (SSSR count). The average Bonchev–Trinajstić information content (AvgIpc) is 2.85. The molecule has 0 amide bonds. The quantitative estimate of drug-likeness (QED) is 0.637. The van der Waals surface area contributed by atoms with Crippen LogP contribution in [0.15, 0.2) is 36.5 Å². The molecule has 2 aliphatic heterocycles. The van der Waals surface area contributed by atoms with Gasteiger partial charge in [-0.2, -0.15) is 0 Å². The highest BCUT2D eigenvalue weighted by molar-refractivity contribution is 5.49. The Hall–Kier alpha value is -2.58. The van der Waals surface area contributed by atoms with Crippen LogP contribution in [-0.4, -0.2) is 75.7 Å². The molecule has 0 aliphatic carbocycles. The van der Waals surface area contributed by atoms with Gasteiger partial charge in [0.2, 0.25) is 0 Å². The van der Waals surface area contributed by atoms with Gasteiger partial charge in [0, 0.05) is 38.8 Å². The Morgan fingerprint density at radius 3 is 2.59 bits per heavy atom. The third kappa shape index (κ3) is 6.01. The summed E-state index contributed by atoms with van der Waals surface area (Å²) in [7, 11) is 1.60. The maximum atomic E-state index is 12.5. The predicted molar refractivity (Wildman–Crippen MR) is 124 cm³/mol. The van der Waals surface area contributed by atoms with E-state index in [0.717, 1.165) is 75.8 Å². The number of nitrogens with one attached hydrogen (secondary N) is 1. The highest BCUT2D eigenvalue weighted by Crippen LogP contribution is 2.29. The Morgan fingerprint density at radius 2 is 1.91 bits per heavy atom. The van der Waals surface area contributed by atoms with Gasteiger partial charge >= 0.3 is 0 Å². The van der Waals surface area contributed by atoms with E-state index in [1.165, 1.54) is 0 Å². The van der Waals surface area contributed by atoms with Gasteiger partial charge in [-0.05, 0) is 42.7 Å². The van der Waals surface area contributed by atoms with E-state index in [0.29, 0.717) is 17.5 Å². The minimum absolute atomic E-state index is 0.0408. The van der Waals surface area contributed by atoms with E-state index >= 15 is 0 Å². The summed E-state index contributed by atoms with van der Waals surface area (Å²) in [6.07, 6.45) is 4.09. The number of ether oxygens (including phenoxy) is 3. The number of hydrogen-bond donors (Lipinski definition) is 1. The molecule has 0 unspecified atom stereocenters. The molecule has 1 aromatic heterocycles. The van der Waals surface area contributed by atoms with E-state index in [1.54, 1.807) is 7.11 Å². The summed E-state index contributed by atoms with van der Waals surface area (Å²) in [6, 6.07) is 10.6. The van der Waals surface area contributed by atoms with E-state index in [9.17, 15) is 4.39 Å². The summed E-state index contributed by atoms with van der Waals surface area (Å²) in [5.41, 5.74) is 2.22. The molecule has 32 heavy (non-hydrogen) atoms. The first-order chi connectivity index (χ1) is 15.7. The molecule has 0 saturated carbocycles. The fourth-order valence-corrected chi connectivity index (χ4v) is 4.26. The summed E-state index contributed by atoms with van der Waals surface area (Å²) in [5, 5.41) is 3.64. The Bertz CT molecular complexity index is 838. The van der Waals surface area contributed by atoms with Gasteiger partial charge in [-0.15, -0.1) is 0 Å². The number of nitrogens with zero attached hydrogens (tertiary/aromatic N) is 3. The monoisotopic (exact) mass is 444 g/mol. The van der Waals surface area contributed by atoms with Crippen molar-refractivity contribution in [1.82, 2.24) is 9.88 Å². The van der Waals surface area contributed by atoms with Crippen molar-refractivity contribution in [2.45, 2.75) is 25.4 Å². The third-order valence-corrected chi connectivity index (χ3v) is 6.01. The van der Waals surface area contributed by atoms with Crippen molar-refractivity contribution in [2.24, 2.45) is 0 Å². The first-order valence-electron chi connectivity index (χ1n) is 11.4. The molecule has 0 bridgehead atoms. The molecular formula is C24H33FN4O3. The Kier molecular flexibility index (Phi) is 8.01. The molecule has 8 heteroatoms. The van der Waals surface area contributed by atoms with Crippen molar-refractivity contribution in [3.05, 3.63) is 42.1 Å². The molecule has 174 valence electrons. The van der Waals surface area contributed by atoms with Crippen molar-refractivity contribution in [1.29, 1.82) is 0 Å². The molecule has 0 radical (unpaired) electrons. The maximum Gasteiger partial charge on any atom is 0.161 e. The fourth-order valence-electron chi connectivity index (χ4n) is 4.26. The minimum Gasteiger partial charge on any atom is -0.493 e. The number of aromatic nitrogens is 1. The lowest BCUT2D eigenvalue weighted by Crippen LogP contribution is -2.38. The largest absolute Gasteiger partial charge is 0.493 e. The van der Waals surface area contributed by atoms with Crippen LogP contribution >= 0.6 is 0 Å². The Balaban J connectivity index is 1.25. The molecule has 2 fully saturated rings. The zero-order valence-electron chi connectivity index (χ0n) is 18.8. The van der Waals surface area contributed by atoms with Crippen LogP contribution in [0, 0.1) is 0 Å². The van der Waals surface area contributed by atoms with Gasteiger partial charge < -0.3 is 24.4 Å². The normalized spacial score (nSPS) is 17.9. The van der Waals surface area contributed by atoms with Gasteiger partial charge in [0.1, 0.15) is 19.1 Å². The van der Waals surface area contributed by atoms with Gasteiger partial charge in [-0.3, -0.25) is 4.90 Å². The number of likely N-dealkylation sites (tertiary alicyclic amines) is 1. The zero-order chi connectivity index (χ0) is 22.2. The number of hydrogen-bond acceptors (Lipinski definition) is 7. The summed E-state index contributed by atoms with van der Waals surface area (Å²) in [5.74, 6) is 2.26. The van der Waals surface area contributed by atoms with E-state index in [2.05, 4.69) is 32.2 Å². The molecule has 2 aliphatic rings. The highest BCUT2D eigenvalue weighted by atomic mass is 19.1. The lowest BCUT2D eigenvalue weighted by molar-refractivity contribution is 0.122. The van der Waals surface area contributed by atoms with Crippen molar-refractivity contribution in [3.8, 4) is 11.5 Å².